The second-order valence-corrected chi connectivity index (χ2v) is 2.54. The highest BCUT2D eigenvalue weighted by Crippen LogP contribution is 2.23. The summed E-state index contributed by atoms with van der Waals surface area (Å²) in [6, 6.07) is 1.39. The zero-order chi connectivity index (χ0) is 11.6. The number of carboxylic acids is 1. The van der Waals surface area contributed by atoms with Gasteiger partial charge in [0.2, 0.25) is 0 Å². The Labute approximate surface area is 81.6 Å². The Kier molecular flexibility index (Phi) is 2.80. The molecule has 0 saturated heterocycles. The Bertz CT molecular complexity index is 502. The highest BCUT2D eigenvalue weighted by atomic mass is 19.3. The lowest BCUT2D eigenvalue weighted by atomic mass is 10.1. The number of carboxylic acid groups (broad SMARTS) is 1. The summed E-state index contributed by atoms with van der Waals surface area (Å²) < 4.78 is 24.9. The number of aromatic nitrogens is 1. The third-order valence-corrected chi connectivity index (χ3v) is 1.69. The molecular weight excluding hydrogens is 210 g/mol. The van der Waals surface area contributed by atoms with Crippen LogP contribution in [-0.2, 0) is 0 Å². The molecule has 0 atom stereocenters. The van der Waals surface area contributed by atoms with Crippen molar-refractivity contribution in [1.29, 1.82) is 5.26 Å². The zero-order valence-electron chi connectivity index (χ0n) is 7.12. The van der Waals surface area contributed by atoms with Crippen molar-refractivity contribution < 1.29 is 18.7 Å². The van der Waals surface area contributed by atoms with Gasteiger partial charge in [0.15, 0.2) is 0 Å². The number of nitrogens with zero attached hydrogens (tertiary/aromatic N) is 1. The van der Waals surface area contributed by atoms with Gasteiger partial charge in [-0.1, -0.05) is 0 Å². The number of hydrogen-bond donors (Lipinski definition) is 2. The average molecular weight is 214 g/mol. The van der Waals surface area contributed by atoms with Crippen LogP contribution in [0.25, 0.3) is 0 Å². The van der Waals surface area contributed by atoms with Crippen LogP contribution >= 0.6 is 0 Å². The molecule has 15 heavy (non-hydrogen) atoms. The number of hydrogen-bond acceptors (Lipinski definition) is 3. The molecule has 7 heteroatoms. The number of rotatable bonds is 2. The predicted octanol–water partition coefficient (Wildman–Crippen LogP) is 0.882. The van der Waals surface area contributed by atoms with E-state index in [0.29, 0.717) is 0 Å². The van der Waals surface area contributed by atoms with Gasteiger partial charge in [0.1, 0.15) is 11.6 Å². The maximum Gasteiger partial charge on any atom is 0.341 e. The van der Waals surface area contributed by atoms with E-state index in [9.17, 15) is 18.4 Å². The number of pyridine rings is 1. The molecule has 0 bridgehead atoms. The van der Waals surface area contributed by atoms with E-state index in [1.54, 1.807) is 0 Å². The Morgan fingerprint density at radius 3 is 2.60 bits per heavy atom. The molecule has 5 nitrogen and oxygen atoms in total. The first-order chi connectivity index (χ1) is 6.99. The topological polar surface area (TPSA) is 94.0 Å². The lowest BCUT2D eigenvalue weighted by Crippen LogP contribution is -2.21. The summed E-state index contributed by atoms with van der Waals surface area (Å²) in [5, 5.41) is 17.0. The Morgan fingerprint density at radius 1 is 1.60 bits per heavy atom. The summed E-state index contributed by atoms with van der Waals surface area (Å²) in [5.74, 6) is -1.79. The van der Waals surface area contributed by atoms with Gasteiger partial charge in [-0.3, -0.25) is 4.79 Å². The fraction of sp³-hybridized carbons (Fsp3) is 0.125. The van der Waals surface area contributed by atoms with E-state index in [0.717, 1.165) is 6.20 Å². The third-order valence-electron chi connectivity index (χ3n) is 1.69. The second kappa shape index (κ2) is 3.88. The van der Waals surface area contributed by atoms with Crippen LogP contribution in [0.2, 0.25) is 0 Å². The first-order valence-electron chi connectivity index (χ1n) is 3.66. The maximum atomic E-state index is 12.4. The first-order valence-corrected chi connectivity index (χ1v) is 3.66. The highest BCUT2D eigenvalue weighted by molar-refractivity contribution is 5.89. The molecule has 0 aliphatic rings. The van der Waals surface area contributed by atoms with Gasteiger partial charge in [-0.05, 0) is 0 Å². The monoisotopic (exact) mass is 214 g/mol. The molecule has 78 valence electrons. The minimum atomic E-state index is -3.19. The van der Waals surface area contributed by atoms with Crippen LogP contribution in [0.4, 0.5) is 8.78 Å². The summed E-state index contributed by atoms with van der Waals surface area (Å²) >= 11 is 0. The fourth-order valence-corrected chi connectivity index (χ4v) is 1.08. The van der Waals surface area contributed by atoms with Crippen molar-refractivity contribution in [2.24, 2.45) is 0 Å². The largest absolute Gasteiger partial charge is 0.477 e. The Morgan fingerprint density at radius 2 is 2.20 bits per heavy atom. The molecule has 0 radical (unpaired) electrons. The van der Waals surface area contributed by atoms with Crippen LogP contribution in [-0.4, -0.2) is 16.1 Å². The van der Waals surface area contributed by atoms with Gasteiger partial charge in [0.05, 0.1) is 11.1 Å². The smallest absolute Gasteiger partial charge is 0.341 e. The summed E-state index contributed by atoms with van der Waals surface area (Å²) in [5.41, 5.74) is -3.85. The Balaban J connectivity index is 3.68. The van der Waals surface area contributed by atoms with Gasteiger partial charge in [-0.25, -0.2) is 13.6 Å². The van der Waals surface area contributed by atoms with Crippen molar-refractivity contribution >= 4 is 5.97 Å². The van der Waals surface area contributed by atoms with Gasteiger partial charge < -0.3 is 10.1 Å². The summed E-state index contributed by atoms with van der Waals surface area (Å²) in [7, 11) is 0. The number of halogens is 2. The van der Waals surface area contributed by atoms with E-state index in [4.69, 9.17) is 10.4 Å². The van der Waals surface area contributed by atoms with Crippen LogP contribution in [0, 0.1) is 11.3 Å². The van der Waals surface area contributed by atoms with Crippen LogP contribution in [0.1, 0.15) is 27.9 Å². The van der Waals surface area contributed by atoms with E-state index in [2.05, 4.69) is 0 Å². The average Bonchev–Trinajstić information content (AvgIpc) is 2.16. The number of H-pyrrole nitrogens is 1. The maximum absolute atomic E-state index is 12.4. The van der Waals surface area contributed by atoms with Crippen molar-refractivity contribution in [3.05, 3.63) is 33.2 Å². The van der Waals surface area contributed by atoms with E-state index in [1.807, 2.05) is 4.98 Å². The summed E-state index contributed by atoms with van der Waals surface area (Å²) in [4.78, 5) is 23.4. The number of alkyl halides is 2. The molecule has 0 fully saturated rings. The number of nitriles is 1. The molecule has 2 N–H and O–H groups in total. The van der Waals surface area contributed by atoms with Crippen molar-refractivity contribution in [3.8, 4) is 6.07 Å². The predicted molar refractivity (Wildman–Crippen MR) is 43.7 cm³/mol. The molecule has 0 aromatic carbocycles. The SMILES string of the molecule is N#Cc1c[nH]c(=O)c(C(=O)O)c1C(F)F. The minimum absolute atomic E-state index is 0.554. The van der Waals surface area contributed by atoms with Gasteiger partial charge in [-0.2, -0.15) is 5.26 Å². The molecule has 0 aliphatic carbocycles. The van der Waals surface area contributed by atoms with E-state index >= 15 is 0 Å². The van der Waals surface area contributed by atoms with E-state index in [1.165, 1.54) is 6.07 Å². The molecule has 1 heterocycles. The molecule has 0 amide bonds. The van der Waals surface area contributed by atoms with Crippen LogP contribution in [0.5, 0.6) is 0 Å². The van der Waals surface area contributed by atoms with Crippen molar-refractivity contribution in [2.75, 3.05) is 0 Å². The lowest BCUT2D eigenvalue weighted by Gasteiger charge is -2.05. The highest BCUT2D eigenvalue weighted by Gasteiger charge is 2.25. The van der Waals surface area contributed by atoms with E-state index < -0.39 is 34.6 Å². The minimum Gasteiger partial charge on any atom is -0.477 e. The van der Waals surface area contributed by atoms with Crippen molar-refractivity contribution in [3.63, 3.8) is 0 Å². The normalized spacial score (nSPS) is 10.0. The standard InChI is InChI=1S/C8H4F2N2O3/c9-6(10)4-3(1-11)2-12-7(13)5(4)8(14)15/h2,6H,(H,12,13)(H,14,15). The molecule has 0 saturated carbocycles. The molecule has 1 rings (SSSR count). The lowest BCUT2D eigenvalue weighted by molar-refractivity contribution is 0.0682. The van der Waals surface area contributed by atoms with Crippen molar-refractivity contribution in [1.82, 2.24) is 4.98 Å². The second-order valence-electron chi connectivity index (χ2n) is 2.54. The molecule has 0 spiro atoms. The number of carbonyl (C=O) groups is 1. The van der Waals surface area contributed by atoms with Crippen LogP contribution < -0.4 is 5.56 Å². The van der Waals surface area contributed by atoms with Gasteiger partial charge in [-0.15, -0.1) is 0 Å². The van der Waals surface area contributed by atoms with Gasteiger partial charge in [0, 0.05) is 6.20 Å². The summed E-state index contributed by atoms with van der Waals surface area (Å²) in [6.45, 7) is 0. The number of aromatic carboxylic acids is 1. The molecular formula is C8H4F2N2O3. The van der Waals surface area contributed by atoms with Crippen LogP contribution in [0.15, 0.2) is 11.0 Å². The molecule has 0 aliphatic heterocycles. The van der Waals surface area contributed by atoms with E-state index in [-0.39, 0.29) is 0 Å². The number of aromatic amines is 1. The zero-order valence-corrected chi connectivity index (χ0v) is 7.12. The fourth-order valence-electron chi connectivity index (χ4n) is 1.08. The van der Waals surface area contributed by atoms with Crippen LogP contribution in [0.3, 0.4) is 0 Å². The van der Waals surface area contributed by atoms with Crippen molar-refractivity contribution in [2.45, 2.75) is 6.43 Å². The van der Waals surface area contributed by atoms with Gasteiger partial charge >= 0.3 is 5.97 Å². The number of nitrogens with one attached hydrogen (secondary N) is 1. The summed E-state index contributed by atoms with van der Waals surface area (Å²) in [6.07, 6.45) is -2.43. The quantitative estimate of drug-likeness (QED) is 0.764. The Hall–Kier alpha value is -2.23. The van der Waals surface area contributed by atoms with Gasteiger partial charge in [0.25, 0.3) is 12.0 Å². The molecule has 0 unspecified atom stereocenters. The first kappa shape index (κ1) is 10.8. The molecule has 1 aromatic rings. The molecule has 1 aromatic heterocycles. The third kappa shape index (κ3) is 1.83.